The number of ether oxygens (including phenoxy) is 1. The van der Waals surface area contributed by atoms with Crippen LogP contribution < -0.4 is 5.01 Å². The summed E-state index contributed by atoms with van der Waals surface area (Å²) in [4.78, 5) is 26.5. The van der Waals surface area contributed by atoms with Gasteiger partial charge in [-0.1, -0.05) is 30.0 Å². The lowest BCUT2D eigenvalue weighted by Crippen LogP contribution is -2.47. The summed E-state index contributed by atoms with van der Waals surface area (Å²) in [5.74, 6) is -0.484. The number of hydrogen-bond acceptors (Lipinski definition) is 8. The molecule has 24 heavy (non-hydrogen) atoms. The minimum atomic E-state index is -0.754. The molecule has 2 aliphatic heterocycles. The lowest BCUT2D eigenvalue weighted by atomic mass is 10.3. The zero-order valence-corrected chi connectivity index (χ0v) is 15.4. The van der Waals surface area contributed by atoms with E-state index in [1.165, 1.54) is 37.6 Å². The largest absolute Gasteiger partial charge is 0.465 e. The molecule has 6 nitrogen and oxygen atoms in total. The molecule has 0 aromatic heterocycles. The monoisotopic (exact) mass is 363 g/mol. The van der Waals surface area contributed by atoms with Gasteiger partial charge in [0, 0.05) is 19.7 Å². The molecule has 3 rings (SSSR count). The zero-order chi connectivity index (χ0) is 17.5. The summed E-state index contributed by atoms with van der Waals surface area (Å²) in [6.45, 7) is 3.36. The average molecular weight is 363 g/mol. The minimum absolute atomic E-state index is 0.101. The summed E-state index contributed by atoms with van der Waals surface area (Å²) in [7, 11) is 3.25. The molecule has 0 N–H and O–H groups in total. The summed E-state index contributed by atoms with van der Waals surface area (Å²) in [6.07, 6.45) is 0. The van der Waals surface area contributed by atoms with E-state index in [9.17, 15) is 9.59 Å². The molecule has 1 aromatic carbocycles. The van der Waals surface area contributed by atoms with Crippen LogP contribution in [-0.2, 0) is 14.3 Å². The van der Waals surface area contributed by atoms with E-state index >= 15 is 0 Å². The number of hydrogen-bond donors (Lipinski definition) is 0. The highest BCUT2D eigenvalue weighted by Crippen LogP contribution is 2.58. The number of Topliss-reactive ketones (excluding diaryl/α,β-unsaturated/α-hetero) is 1. The number of thioether (sulfide) groups is 2. The number of allylic oxidation sites excluding steroid dienone is 1. The summed E-state index contributed by atoms with van der Waals surface area (Å²) in [5, 5.41) is 6.72. The number of methoxy groups -OCH3 is 1. The number of rotatable bonds is 3. The highest BCUT2D eigenvalue weighted by molar-refractivity contribution is 8.28. The molecule has 2 heterocycles. The van der Waals surface area contributed by atoms with Crippen LogP contribution in [0.2, 0.25) is 0 Å². The molecule has 2 aliphatic rings. The van der Waals surface area contributed by atoms with Gasteiger partial charge in [-0.3, -0.25) is 4.79 Å². The molecule has 0 fully saturated rings. The second kappa shape index (κ2) is 6.18. The normalized spacial score (nSPS) is 23.1. The van der Waals surface area contributed by atoms with E-state index in [1.54, 1.807) is 5.01 Å². The molecule has 0 saturated carbocycles. The fraction of sp³-hybridized carbons (Fsp3) is 0.312. The SMILES string of the molecule is COC(=O)C1=C(C)N(C)[C@]2(SC(C(C)=O)=NN2c2ccccc2)S1. The third-order valence-electron chi connectivity index (χ3n) is 3.85. The second-order valence-electron chi connectivity index (χ2n) is 5.33. The second-order valence-corrected chi connectivity index (χ2v) is 7.93. The number of carbonyl (C=O) groups is 2. The number of hydrazone groups is 1. The average Bonchev–Trinajstić information content (AvgIpc) is 3.10. The first-order chi connectivity index (χ1) is 11.4. The van der Waals surface area contributed by atoms with Crippen molar-refractivity contribution >= 4 is 46.0 Å². The summed E-state index contributed by atoms with van der Waals surface area (Å²) in [6, 6.07) is 9.60. The lowest BCUT2D eigenvalue weighted by molar-refractivity contribution is -0.135. The van der Waals surface area contributed by atoms with Gasteiger partial charge in [0.05, 0.1) is 12.8 Å². The van der Waals surface area contributed by atoms with Gasteiger partial charge < -0.3 is 9.64 Å². The molecule has 0 aliphatic carbocycles. The molecule has 1 aromatic rings. The van der Waals surface area contributed by atoms with Crippen LogP contribution in [0.1, 0.15) is 13.8 Å². The van der Waals surface area contributed by atoms with Crippen LogP contribution in [-0.4, -0.2) is 40.2 Å². The fourth-order valence-corrected chi connectivity index (χ4v) is 5.37. The van der Waals surface area contributed by atoms with E-state index in [0.717, 1.165) is 11.4 Å². The van der Waals surface area contributed by atoms with Gasteiger partial charge >= 0.3 is 5.97 Å². The van der Waals surface area contributed by atoms with E-state index in [0.29, 0.717) is 9.95 Å². The van der Waals surface area contributed by atoms with Crippen LogP contribution in [0.5, 0.6) is 0 Å². The lowest BCUT2D eigenvalue weighted by Gasteiger charge is -2.39. The number of esters is 1. The van der Waals surface area contributed by atoms with Gasteiger partial charge in [0.2, 0.25) is 4.33 Å². The Hall–Kier alpha value is -1.93. The number of para-hydroxylation sites is 1. The zero-order valence-electron chi connectivity index (χ0n) is 13.8. The van der Waals surface area contributed by atoms with E-state index in [2.05, 4.69) is 5.10 Å². The Labute approximate surface area is 148 Å². The van der Waals surface area contributed by atoms with E-state index in [1.807, 2.05) is 49.2 Å². The van der Waals surface area contributed by atoms with Crippen molar-refractivity contribution in [2.75, 3.05) is 19.2 Å². The molecule has 1 atom stereocenters. The topological polar surface area (TPSA) is 62.2 Å². The quantitative estimate of drug-likeness (QED) is 0.765. The van der Waals surface area contributed by atoms with Crippen LogP contribution in [0.4, 0.5) is 5.69 Å². The first-order valence-corrected chi connectivity index (χ1v) is 8.90. The van der Waals surface area contributed by atoms with Crippen LogP contribution in [0, 0.1) is 0 Å². The Morgan fingerprint density at radius 1 is 1.21 bits per heavy atom. The number of ketones is 1. The highest BCUT2D eigenvalue weighted by Gasteiger charge is 2.55. The summed E-state index contributed by atoms with van der Waals surface area (Å²) < 4.78 is 4.14. The standard InChI is InChI=1S/C16H17N3O3S2/c1-10-13(15(21)22-4)23-16(18(10)3)19(12-8-6-5-7-9-12)17-14(24-16)11(2)20/h5-9H,1-4H3/t16-/m1/s1. The molecule has 0 saturated heterocycles. The number of benzene rings is 1. The number of anilines is 1. The Kier molecular flexibility index (Phi) is 4.35. The van der Waals surface area contributed by atoms with Crippen molar-refractivity contribution in [2.45, 2.75) is 18.2 Å². The van der Waals surface area contributed by atoms with E-state index in [4.69, 9.17) is 4.74 Å². The van der Waals surface area contributed by atoms with Gasteiger partial charge in [0.25, 0.3) is 0 Å². The van der Waals surface area contributed by atoms with Crippen molar-refractivity contribution in [3.8, 4) is 0 Å². The van der Waals surface area contributed by atoms with Crippen molar-refractivity contribution in [2.24, 2.45) is 5.10 Å². The summed E-state index contributed by atoms with van der Waals surface area (Å²) >= 11 is 2.69. The molecular formula is C16H17N3O3S2. The Bertz CT molecular complexity index is 763. The van der Waals surface area contributed by atoms with Gasteiger partial charge in [0.15, 0.2) is 10.8 Å². The van der Waals surface area contributed by atoms with Crippen molar-refractivity contribution in [3.63, 3.8) is 0 Å². The Balaban J connectivity index is 2.06. The van der Waals surface area contributed by atoms with Gasteiger partial charge in [-0.15, -0.1) is 0 Å². The number of nitrogens with zero attached hydrogens (tertiary/aromatic N) is 3. The maximum absolute atomic E-state index is 12.1. The van der Waals surface area contributed by atoms with Gasteiger partial charge in [-0.2, -0.15) is 5.10 Å². The molecule has 8 heteroatoms. The molecule has 1 spiro atoms. The predicted octanol–water partition coefficient (Wildman–Crippen LogP) is 2.84. The van der Waals surface area contributed by atoms with Crippen molar-refractivity contribution in [3.05, 3.63) is 40.9 Å². The minimum Gasteiger partial charge on any atom is -0.465 e. The Morgan fingerprint density at radius 3 is 2.46 bits per heavy atom. The van der Waals surface area contributed by atoms with Crippen molar-refractivity contribution < 1.29 is 14.3 Å². The smallest absolute Gasteiger partial charge is 0.346 e. The molecular weight excluding hydrogens is 346 g/mol. The first-order valence-electron chi connectivity index (χ1n) is 7.26. The molecule has 0 bridgehead atoms. The first kappa shape index (κ1) is 16.9. The van der Waals surface area contributed by atoms with Gasteiger partial charge in [-0.25, -0.2) is 9.80 Å². The highest BCUT2D eigenvalue weighted by atomic mass is 32.2. The Morgan fingerprint density at radius 2 is 1.88 bits per heavy atom. The molecule has 0 unspecified atom stereocenters. The van der Waals surface area contributed by atoms with Gasteiger partial charge in [0.1, 0.15) is 4.91 Å². The van der Waals surface area contributed by atoms with E-state index < -0.39 is 4.33 Å². The maximum Gasteiger partial charge on any atom is 0.346 e. The maximum atomic E-state index is 12.1. The van der Waals surface area contributed by atoms with E-state index in [-0.39, 0.29) is 11.8 Å². The fourth-order valence-electron chi connectivity index (χ4n) is 2.47. The third kappa shape index (κ3) is 2.50. The van der Waals surface area contributed by atoms with Crippen LogP contribution in [0.25, 0.3) is 0 Å². The predicted molar refractivity (Wildman–Crippen MR) is 97.4 cm³/mol. The van der Waals surface area contributed by atoms with Crippen molar-refractivity contribution in [1.82, 2.24) is 4.90 Å². The van der Waals surface area contributed by atoms with Crippen molar-refractivity contribution in [1.29, 1.82) is 0 Å². The van der Waals surface area contributed by atoms with Gasteiger partial charge in [-0.05, 0) is 30.8 Å². The molecule has 0 radical (unpaired) electrons. The van der Waals surface area contributed by atoms with Crippen LogP contribution in [0.3, 0.4) is 0 Å². The third-order valence-corrected chi connectivity index (χ3v) is 7.01. The summed E-state index contributed by atoms with van der Waals surface area (Å²) in [5.41, 5.74) is 1.64. The van der Waals surface area contributed by atoms with Crippen LogP contribution in [0.15, 0.2) is 46.0 Å². The van der Waals surface area contributed by atoms with Crippen LogP contribution >= 0.6 is 23.5 Å². The molecule has 126 valence electrons. The number of carbonyl (C=O) groups excluding carboxylic acids is 2. The molecule has 0 amide bonds.